The predicted octanol–water partition coefficient (Wildman–Crippen LogP) is -1.96. The molecule has 46 valence electrons. The first-order valence-corrected chi connectivity index (χ1v) is 2.78. The third kappa shape index (κ3) is 1.68. The van der Waals surface area contributed by atoms with Crippen molar-refractivity contribution >= 4 is 16.5 Å². The Balaban J connectivity index is 0.000000490. The van der Waals surface area contributed by atoms with Gasteiger partial charge in [-0.05, 0) is 6.92 Å². The van der Waals surface area contributed by atoms with Crippen LogP contribution in [0.5, 0.6) is 0 Å². The normalized spacial score (nSPS) is 8.12. The fraction of sp³-hybridized carbons (Fsp3) is 0.250. The van der Waals surface area contributed by atoms with Gasteiger partial charge in [-0.2, -0.15) is 0 Å². The van der Waals surface area contributed by atoms with Crippen LogP contribution >= 0.6 is 11.3 Å². The van der Waals surface area contributed by atoms with Crippen LogP contribution in [-0.2, 0) is 0 Å². The molecule has 1 rings (SSSR count). The summed E-state index contributed by atoms with van der Waals surface area (Å²) in [5, 5.41) is 0.650. The summed E-state index contributed by atoms with van der Waals surface area (Å²) in [7, 11) is 0. The maximum absolute atomic E-state index is 5.29. The highest BCUT2D eigenvalue weighted by Crippen LogP contribution is 2.11. The Labute approximate surface area is 58.1 Å². The van der Waals surface area contributed by atoms with Crippen LogP contribution in [0.4, 0.5) is 5.13 Å². The average molecular weight is 150 g/mol. The molecule has 2 nitrogen and oxygen atoms in total. The number of nitrogen functional groups attached to an aromatic ring is 1. The molecule has 0 aliphatic carbocycles. The first-order chi connectivity index (χ1) is 3.29. The van der Waals surface area contributed by atoms with E-state index < -0.39 is 0 Å². The van der Waals surface area contributed by atoms with Crippen LogP contribution in [0, 0.1) is 6.92 Å². The summed E-state index contributed by atoms with van der Waals surface area (Å²) in [5.41, 5.74) is 5.29. The zero-order chi connectivity index (χ0) is 5.28. The first-order valence-electron chi connectivity index (χ1n) is 1.97. The highest BCUT2D eigenvalue weighted by molar-refractivity contribution is 7.15. The molecule has 0 radical (unpaired) electrons. The fourth-order valence-electron chi connectivity index (χ4n) is 0.372. The van der Waals surface area contributed by atoms with E-state index in [-0.39, 0.29) is 12.4 Å². The molecule has 0 amide bonds. The first kappa shape index (κ1) is 7.72. The zero-order valence-corrected chi connectivity index (χ0v) is 5.96. The SMILES string of the molecule is Cc1cnc(N)s1.[Cl-]. The second-order valence-corrected chi connectivity index (χ2v) is 2.58. The van der Waals surface area contributed by atoms with Crippen LogP contribution in [0.1, 0.15) is 4.88 Å². The van der Waals surface area contributed by atoms with Gasteiger partial charge in [-0.15, -0.1) is 11.3 Å². The van der Waals surface area contributed by atoms with E-state index in [1.54, 1.807) is 6.20 Å². The van der Waals surface area contributed by atoms with E-state index in [4.69, 9.17) is 5.73 Å². The highest BCUT2D eigenvalue weighted by atomic mass is 35.5. The van der Waals surface area contributed by atoms with Gasteiger partial charge >= 0.3 is 0 Å². The molecule has 1 heterocycles. The summed E-state index contributed by atoms with van der Waals surface area (Å²) in [5.74, 6) is 0. The summed E-state index contributed by atoms with van der Waals surface area (Å²) in [6.07, 6.45) is 1.76. The van der Waals surface area contributed by atoms with E-state index in [0.717, 1.165) is 4.88 Å². The standard InChI is InChI=1S/C4H6N2S.ClH/c1-3-2-6-4(5)7-3;/h2H,1H3,(H2,5,6);1H/p-1. The molecule has 4 heteroatoms. The Morgan fingerprint density at radius 3 is 2.50 bits per heavy atom. The van der Waals surface area contributed by atoms with Crippen LogP contribution in [0.15, 0.2) is 6.20 Å². The van der Waals surface area contributed by atoms with Gasteiger partial charge in [0.05, 0.1) is 0 Å². The maximum atomic E-state index is 5.29. The van der Waals surface area contributed by atoms with E-state index in [1.165, 1.54) is 11.3 Å². The molecule has 0 saturated heterocycles. The van der Waals surface area contributed by atoms with Crippen molar-refractivity contribution in [3.8, 4) is 0 Å². The highest BCUT2D eigenvalue weighted by Gasteiger charge is 1.86. The predicted molar refractivity (Wildman–Crippen MR) is 31.3 cm³/mol. The Morgan fingerprint density at radius 2 is 2.38 bits per heavy atom. The lowest BCUT2D eigenvalue weighted by molar-refractivity contribution is -0.00000154. The van der Waals surface area contributed by atoms with Gasteiger partial charge in [-0.1, -0.05) is 0 Å². The number of nitrogens with two attached hydrogens (primary N) is 1. The van der Waals surface area contributed by atoms with Crippen LogP contribution in [0.2, 0.25) is 0 Å². The lowest BCUT2D eigenvalue weighted by Crippen LogP contribution is -3.00. The van der Waals surface area contributed by atoms with Crippen LogP contribution in [0.3, 0.4) is 0 Å². The molecular formula is C4H6ClN2S-. The van der Waals surface area contributed by atoms with Crippen molar-refractivity contribution in [3.05, 3.63) is 11.1 Å². The second kappa shape index (κ2) is 2.89. The van der Waals surface area contributed by atoms with E-state index in [9.17, 15) is 0 Å². The van der Waals surface area contributed by atoms with Gasteiger partial charge in [-0.3, -0.25) is 0 Å². The number of hydrogen-bond donors (Lipinski definition) is 1. The summed E-state index contributed by atoms with van der Waals surface area (Å²) < 4.78 is 0. The van der Waals surface area contributed by atoms with E-state index in [0.29, 0.717) is 5.13 Å². The largest absolute Gasteiger partial charge is 1.00 e. The Kier molecular flexibility index (Phi) is 2.79. The van der Waals surface area contributed by atoms with Crippen molar-refractivity contribution in [1.82, 2.24) is 4.98 Å². The number of nitrogens with zero attached hydrogens (tertiary/aromatic N) is 1. The van der Waals surface area contributed by atoms with Crippen molar-refractivity contribution in [1.29, 1.82) is 0 Å². The quantitative estimate of drug-likeness (QED) is 0.465. The minimum atomic E-state index is 0. The van der Waals surface area contributed by atoms with E-state index in [2.05, 4.69) is 4.98 Å². The molecule has 1 aromatic rings. The molecule has 0 atom stereocenters. The van der Waals surface area contributed by atoms with Crippen molar-refractivity contribution in [2.75, 3.05) is 5.73 Å². The smallest absolute Gasteiger partial charge is 0.180 e. The maximum Gasteiger partial charge on any atom is 0.180 e. The Hall–Kier alpha value is -0.280. The Morgan fingerprint density at radius 1 is 1.75 bits per heavy atom. The van der Waals surface area contributed by atoms with Crippen molar-refractivity contribution < 1.29 is 12.4 Å². The third-order valence-corrected chi connectivity index (χ3v) is 1.38. The van der Waals surface area contributed by atoms with Gasteiger partial charge in [0.15, 0.2) is 5.13 Å². The number of thiazole rings is 1. The molecule has 0 unspecified atom stereocenters. The lowest BCUT2D eigenvalue weighted by atomic mass is 10.7. The molecule has 0 fully saturated rings. The Bertz CT molecular complexity index is 146. The molecule has 0 aliphatic heterocycles. The fourth-order valence-corrected chi connectivity index (χ4v) is 0.913. The van der Waals surface area contributed by atoms with Gasteiger partial charge in [0.2, 0.25) is 0 Å². The molecule has 0 spiro atoms. The van der Waals surface area contributed by atoms with Crippen molar-refractivity contribution in [3.63, 3.8) is 0 Å². The minimum absolute atomic E-state index is 0. The molecule has 0 aliphatic rings. The van der Waals surface area contributed by atoms with E-state index >= 15 is 0 Å². The van der Waals surface area contributed by atoms with Gasteiger partial charge < -0.3 is 18.1 Å². The third-order valence-electron chi connectivity index (χ3n) is 0.639. The number of aryl methyl sites for hydroxylation is 1. The summed E-state index contributed by atoms with van der Waals surface area (Å²) in [6, 6.07) is 0. The number of aromatic nitrogens is 1. The lowest BCUT2D eigenvalue weighted by Gasteiger charge is -1.70. The van der Waals surface area contributed by atoms with Crippen LogP contribution in [-0.4, -0.2) is 4.98 Å². The van der Waals surface area contributed by atoms with E-state index in [1.807, 2.05) is 6.92 Å². The van der Waals surface area contributed by atoms with Gasteiger partial charge in [0, 0.05) is 11.1 Å². The molecular weight excluding hydrogens is 144 g/mol. The van der Waals surface area contributed by atoms with Crippen molar-refractivity contribution in [2.45, 2.75) is 6.92 Å². The molecule has 0 bridgehead atoms. The second-order valence-electron chi connectivity index (χ2n) is 1.31. The van der Waals surface area contributed by atoms with Gasteiger partial charge in [0.25, 0.3) is 0 Å². The molecule has 2 N–H and O–H groups in total. The topological polar surface area (TPSA) is 38.9 Å². The van der Waals surface area contributed by atoms with Gasteiger partial charge in [-0.25, -0.2) is 4.98 Å². The number of rotatable bonds is 0. The summed E-state index contributed by atoms with van der Waals surface area (Å²) >= 11 is 1.51. The van der Waals surface area contributed by atoms with Crippen LogP contribution in [0.25, 0.3) is 0 Å². The van der Waals surface area contributed by atoms with Crippen LogP contribution < -0.4 is 18.1 Å². The summed E-state index contributed by atoms with van der Waals surface area (Å²) in [4.78, 5) is 4.98. The van der Waals surface area contributed by atoms with Gasteiger partial charge in [0.1, 0.15) is 0 Å². The monoisotopic (exact) mass is 149 g/mol. The average Bonchev–Trinajstić information content (AvgIpc) is 1.87. The molecule has 0 aromatic carbocycles. The molecule has 8 heavy (non-hydrogen) atoms. The minimum Gasteiger partial charge on any atom is -1.00 e. The number of hydrogen-bond acceptors (Lipinski definition) is 3. The molecule has 1 aromatic heterocycles. The van der Waals surface area contributed by atoms with Crippen molar-refractivity contribution in [2.24, 2.45) is 0 Å². The molecule has 0 saturated carbocycles. The number of halogens is 1. The summed E-state index contributed by atoms with van der Waals surface area (Å²) in [6.45, 7) is 1.98. The number of anilines is 1. The zero-order valence-electron chi connectivity index (χ0n) is 4.39.